The lowest BCUT2D eigenvalue weighted by Gasteiger charge is -2.33. The van der Waals surface area contributed by atoms with Crippen LogP contribution < -0.4 is 5.32 Å². The molecule has 8 heteroatoms. The third kappa shape index (κ3) is 3.15. The zero-order valence-electron chi connectivity index (χ0n) is 12.7. The van der Waals surface area contributed by atoms with E-state index in [4.69, 9.17) is 0 Å². The van der Waals surface area contributed by atoms with E-state index in [1.807, 2.05) is 6.07 Å². The van der Waals surface area contributed by atoms with Crippen molar-refractivity contribution in [1.82, 2.24) is 20.0 Å². The van der Waals surface area contributed by atoms with Crippen LogP contribution in [0.4, 0.5) is 5.69 Å². The summed E-state index contributed by atoms with van der Waals surface area (Å²) >= 11 is 0. The van der Waals surface area contributed by atoms with Crippen LogP contribution in [-0.2, 0) is 14.4 Å². The number of aromatic amines is 1. The molecule has 2 N–H and O–H groups in total. The minimum absolute atomic E-state index is 0.0191. The van der Waals surface area contributed by atoms with Crippen molar-refractivity contribution < 1.29 is 14.4 Å². The van der Waals surface area contributed by atoms with Crippen LogP contribution in [0.5, 0.6) is 0 Å². The predicted molar refractivity (Wildman–Crippen MR) is 83.6 cm³/mol. The quantitative estimate of drug-likeness (QED) is 0.734. The zero-order chi connectivity index (χ0) is 16.4. The zero-order valence-corrected chi connectivity index (χ0v) is 12.7. The molecule has 23 heavy (non-hydrogen) atoms. The third-order valence-corrected chi connectivity index (χ3v) is 3.91. The number of amides is 3. The van der Waals surface area contributed by atoms with Crippen molar-refractivity contribution in [3.05, 3.63) is 24.4 Å². The van der Waals surface area contributed by atoms with Gasteiger partial charge in [-0.05, 0) is 18.2 Å². The van der Waals surface area contributed by atoms with E-state index >= 15 is 0 Å². The van der Waals surface area contributed by atoms with Gasteiger partial charge in [-0.25, -0.2) is 0 Å². The van der Waals surface area contributed by atoms with E-state index in [1.165, 1.54) is 11.8 Å². The van der Waals surface area contributed by atoms with Gasteiger partial charge in [0.1, 0.15) is 0 Å². The number of benzene rings is 1. The molecule has 2 heterocycles. The highest BCUT2D eigenvalue weighted by Gasteiger charge is 2.26. The molecule has 0 bridgehead atoms. The summed E-state index contributed by atoms with van der Waals surface area (Å²) in [4.78, 5) is 38.7. The molecule has 1 aliphatic heterocycles. The highest BCUT2D eigenvalue weighted by atomic mass is 16.2. The Balaban J connectivity index is 1.61. The number of fused-ring (bicyclic) bond motifs is 1. The maximum Gasteiger partial charge on any atom is 0.313 e. The first-order chi connectivity index (χ1) is 11.0. The van der Waals surface area contributed by atoms with Crippen LogP contribution in [-0.4, -0.2) is 63.9 Å². The second kappa shape index (κ2) is 6.07. The standard InChI is InChI=1S/C15H17N5O3/c1-10(21)19-4-6-20(7-5-19)15(23)14(22)17-12-3-2-11-9-16-18-13(11)8-12/h2-3,8-9H,4-7H2,1H3,(H,16,18)(H,17,22). The fourth-order valence-electron chi connectivity index (χ4n) is 2.57. The number of aromatic nitrogens is 2. The summed E-state index contributed by atoms with van der Waals surface area (Å²) in [7, 11) is 0. The number of carbonyl (C=O) groups is 3. The first-order valence-electron chi connectivity index (χ1n) is 7.33. The fraction of sp³-hybridized carbons (Fsp3) is 0.333. The van der Waals surface area contributed by atoms with Crippen LogP contribution in [0.1, 0.15) is 6.92 Å². The normalized spacial score (nSPS) is 14.8. The number of H-pyrrole nitrogens is 1. The summed E-state index contributed by atoms with van der Waals surface area (Å²) < 4.78 is 0. The van der Waals surface area contributed by atoms with Gasteiger partial charge in [-0.15, -0.1) is 0 Å². The molecule has 0 saturated carbocycles. The van der Waals surface area contributed by atoms with Gasteiger partial charge in [-0.1, -0.05) is 0 Å². The Hall–Kier alpha value is -2.90. The van der Waals surface area contributed by atoms with E-state index in [0.717, 1.165) is 10.9 Å². The third-order valence-electron chi connectivity index (χ3n) is 3.91. The smallest absolute Gasteiger partial charge is 0.313 e. The lowest BCUT2D eigenvalue weighted by Crippen LogP contribution is -2.52. The molecule has 1 saturated heterocycles. The molecule has 1 aliphatic rings. The topological polar surface area (TPSA) is 98.4 Å². The molecule has 3 amide bonds. The number of hydrogen-bond donors (Lipinski definition) is 2. The van der Waals surface area contributed by atoms with Gasteiger partial charge in [0.2, 0.25) is 5.91 Å². The number of anilines is 1. The van der Waals surface area contributed by atoms with Crippen LogP contribution in [0.2, 0.25) is 0 Å². The maximum atomic E-state index is 12.2. The lowest BCUT2D eigenvalue weighted by atomic mass is 10.2. The summed E-state index contributed by atoms with van der Waals surface area (Å²) in [6.45, 7) is 3.13. The number of carbonyl (C=O) groups excluding carboxylic acids is 3. The van der Waals surface area contributed by atoms with Gasteiger partial charge < -0.3 is 15.1 Å². The van der Waals surface area contributed by atoms with Crippen molar-refractivity contribution in [2.75, 3.05) is 31.5 Å². The van der Waals surface area contributed by atoms with Crippen molar-refractivity contribution >= 4 is 34.3 Å². The van der Waals surface area contributed by atoms with E-state index in [1.54, 1.807) is 23.2 Å². The van der Waals surface area contributed by atoms with Crippen LogP contribution in [0.3, 0.4) is 0 Å². The first kappa shape index (κ1) is 15.0. The number of nitrogens with zero attached hydrogens (tertiary/aromatic N) is 3. The summed E-state index contributed by atoms with van der Waals surface area (Å²) in [5, 5.41) is 10.2. The Morgan fingerprint density at radius 2 is 1.83 bits per heavy atom. The van der Waals surface area contributed by atoms with Gasteiger partial charge in [0, 0.05) is 44.2 Å². The van der Waals surface area contributed by atoms with Gasteiger partial charge >= 0.3 is 11.8 Å². The van der Waals surface area contributed by atoms with Crippen molar-refractivity contribution in [1.29, 1.82) is 0 Å². The van der Waals surface area contributed by atoms with Crippen LogP contribution in [0.15, 0.2) is 24.4 Å². The van der Waals surface area contributed by atoms with Crippen molar-refractivity contribution in [2.24, 2.45) is 0 Å². The number of rotatable bonds is 1. The average molecular weight is 315 g/mol. The molecule has 1 aromatic heterocycles. The molecular formula is C15H17N5O3. The van der Waals surface area contributed by atoms with E-state index in [0.29, 0.717) is 31.9 Å². The molecule has 0 radical (unpaired) electrons. The average Bonchev–Trinajstić information content (AvgIpc) is 3.01. The minimum atomic E-state index is -0.680. The van der Waals surface area contributed by atoms with Gasteiger partial charge in [-0.2, -0.15) is 5.10 Å². The number of hydrogen-bond acceptors (Lipinski definition) is 4. The van der Waals surface area contributed by atoms with E-state index in [-0.39, 0.29) is 5.91 Å². The summed E-state index contributed by atoms with van der Waals surface area (Å²) in [6.07, 6.45) is 1.68. The van der Waals surface area contributed by atoms with E-state index in [9.17, 15) is 14.4 Å². The van der Waals surface area contributed by atoms with Crippen molar-refractivity contribution in [3.8, 4) is 0 Å². The van der Waals surface area contributed by atoms with Crippen LogP contribution >= 0.6 is 0 Å². The molecule has 0 atom stereocenters. The largest absolute Gasteiger partial charge is 0.339 e. The first-order valence-corrected chi connectivity index (χ1v) is 7.33. The molecule has 3 rings (SSSR count). The predicted octanol–water partition coefficient (Wildman–Crippen LogP) is 0.192. The summed E-state index contributed by atoms with van der Waals surface area (Å²) in [5.41, 5.74) is 1.31. The molecule has 0 spiro atoms. The van der Waals surface area contributed by atoms with Crippen LogP contribution in [0, 0.1) is 0 Å². The lowest BCUT2D eigenvalue weighted by molar-refractivity contribution is -0.145. The highest BCUT2D eigenvalue weighted by molar-refractivity contribution is 6.39. The summed E-state index contributed by atoms with van der Waals surface area (Å²) in [6, 6.07) is 5.25. The monoisotopic (exact) mass is 315 g/mol. The summed E-state index contributed by atoms with van der Waals surface area (Å²) in [5.74, 6) is -1.28. The highest BCUT2D eigenvalue weighted by Crippen LogP contribution is 2.16. The molecule has 0 unspecified atom stereocenters. The SMILES string of the molecule is CC(=O)N1CCN(C(=O)C(=O)Nc2ccc3cn[nH]c3c2)CC1. The number of piperazine rings is 1. The second-order valence-electron chi connectivity index (χ2n) is 5.42. The van der Waals surface area contributed by atoms with Gasteiger partial charge in [0.15, 0.2) is 0 Å². The molecule has 120 valence electrons. The second-order valence-corrected chi connectivity index (χ2v) is 5.42. The minimum Gasteiger partial charge on any atom is -0.339 e. The number of nitrogens with one attached hydrogen (secondary N) is 2. The van der Waals surface area contributed by atoms with Crippen molar-refractivity contribution in [3.63, 3.8) is 0 Å². The molecule has 0 aliphatic carbocycles. The van der Waals surface area contributed by atoms with Gasteiger partial charge in [0.05, 0.1) is 11.7 Å². The van der Waals surface area contributed by atoms with Gasteiger partial charge in [-0.3, -0.25) is 19.5 Å². The Kier molecular flexibility index (Phi) is 3.96. The van der Waals surface area contributed by atoms with E-state index in [2.05, 4.69) is 15.5 Å². The van der Waals surface area contributed by atoms with Crippen molar-refractivity contribution in [2.45, 2.75) is 6.92 Å². The Bertz CT molecular complexity index is 761. The molecule has 2 aromatic rings. The Labute approximate surface area is 132 Å². The Morgan fingerprint density at radius 3 is 2.52 bits per heavy atom. The van der Waals surface area contributed by atoms with E-state index < -0.39 is 11.8 Å². The molecule has 1 fully saturated rings. The Morgan fingerprint density at radius 1 is 1.13 bits per heavy atom. The fourth-order valence-corrected chi connectivity index (χ4v) is 2.57. The molecule has 8 nitrogen and oxygen atoms in total. The molecule has 1 aromatic carbocycles. The van der Waals surface area contributed by atoms with Crippen LogP contribution in [0.25, 0.3) is 10.9 Å². The van der Waals surface area contributed by atoms with Gasteiger partial charge in [0.25, 0.3) is 0 Å². The molecular weight excluding hydrogens is 298 g/mol. The maximum absolute atomic E-state index is 12.2.